The molecule has 6 heteroatoms. The Kier molecular flexibility index (Phi) is 5.78. The van der Waals surface area contributed by atoms with Crippen LogP contribution in [0.1, 0.15) is 46.4 Å². The second-order valence-electron chi connectivity index (χ2n) is 6.74. The van der Waals surface area contributed by atoms with Crippen molar-refractivity contribution < 1.29 is 22.6 Å². The molecule has 0 saturated heterocycles. The van der Waals surface area contributed by atoms with Gasteiger partial charge in [-0.05, 0) is 12.8 Å². The molecule has 0 bridgehead atoms. The van der Waals surface area contributed by atoms with Crippen molar-refractivity contribution in [3.63, 3.8) is 0 Å². The first-order chi connectivity index (χ1) is 13.4. The van der Waals surface area contributed by atoms with Crippen LogP contribution in [0.2, 0.25) is 0 Å². The van der Waals surface area contributed by atoms with Crippen LogP contribution >= 0.6 is 0 Å². The molecule has 0 heterocycles. The van der Waals surface area contributed by atoms with Gasteiger partial charge >= 0.3 is 0 Å². The molecule has 5 nitrogen and oxygen atoms in total. The highest BCUT2D eigenvalue weighted by atomic mass is 32.2. The lowest BCUT2D eigenvalue weighted by molar-refractivity contribution is 0.0808. The van der Waals surface area contributed by atoms with Crippen molar-refractivity contribution in [3.8, 4) is 11.8 Å². The summed E-state index contributed by atoms with van der Waals surface area (Å²) in [4.78, 5) is 26.7. The Morgan fingerprint density at radius 2 is 1.50 bits per heavy atom. The molecular weight excluding hydrogens is 376 g/mol. The maximum Gasteiger partial charge on any atom is 0.290 e. The fourth-order valence-electron chi connectivity index (χ4n) is 3.55. The minimum Gasteiger partial charge on any atom is -0.294 e. The fourth-order valence-corrected chi connectivity index (χ4v) is 4.68. The number of benzene rings is 2. The lowest BCUT2D eigenvalue weighted by Gasteiger charge is -2.32. The SMILES string of the molecule is O=C(c1ccccc1)C1CCCCC#CC1(C(=O)c1ccccc1)S(=O)(=O)O. The van der Waals surface area contributed by atoms with Gasteiger partial charge in [-0.15, -0.1) is 5.92 Å². The van der Waals surface area contributed by atoms with E-state index >= 15 is 0 Å². The van der Waals surface area contributed by atoms with E-state index in [2.05, 4.69) is 11.8 Å². The number of ketones is 2. The van der Waals surface area contributed by atoms with Crippen molar-refractivity contribution in [1.82, 2.24) is 0 Å². The van der Waals surface area contributed by atoms with E-state index < -0.39 is 32.3 Å². The van der Waals surface area contributed by atoms with Crippen molar-refractivity contribution in [3.05, 3.63) is 71.8 Å². The fraction of sp³-hybridized carbons (Fsp3) is 0.273. The van der Waals surface area contributed by atoms with E-state index in [4.69, 9.17) is 0 Å². The number of rotatable bonds is 5. The standard InChI is InChI=1S/C22H20O5S/c23-20(17-11-5-3-6-12-17)19-15-9-1-2-10-16-22(19,28(25,26)27)21(24)18-13-7-4-8-14-18/h3-8,11-14,19H,1-2,9,15H2,(H,25,26,27). The molecular formula is C22H20O5S. The second kappa shape index (κ2) is 8.09. The van der Waals surface area contributed by atoms with Crippen LogP contribution in [0.4, 0.5) is 0 Å². The molecule has 0 spiro atoms. The van der Waals surface area contributed by atoms with Crippen molar-refractivity contribution in [2.75, 3.05) is 0 Å². The summed E-state index contributed by atoms with van der Waals surface area (Å²) in [5, 5.41) is 0. The van der Waals surface area contributed by atoms with Crippen LogP contribution in [-0.2, 0) is 10.1 Å². The number of hydrogen-bond donors (Lipinski definition) is 1. The van der Waals surface area contributed by atoms with Crippen molar-refractivity contribution in [2.45, 2.75) is 30.4 Å². The summed E-state index contributed by atoms with van der Waals surface area (Å²) in [6.07, 6.45) is 1.75. The van der Waals surface area contributed by atoms with Crippen LogP contribution < -0.4 is 0 Å². The van der Waals surface area contributed by atoms with Gasteiger partial charge in [-0.2, -0.15) is 8.42 Å². The Hall–Kier alpha value is -2.75. The Morgan fingerprint density at radius 1 is 0.929 bits per heavy atom. The van der Waals surface area contributed by atoms with E-state index in [9.17, 15) is 22.6 Å². The summed E-state index contributed by atoms with van der Waals surface area (Å²) in [6.45, 7) is 0. The molecule has 1 aliphatic rings. The van der Waals surface area contributed by atoms with E-state index in [-0.39, 0.29) is 17.5 Å². The van der Waals surface area contributed by atoms with Crippen LogP contribution in [0.15, 0.2) is 60.7 Å². The smallest absolute Gasteiger partial charge is 0.290 e. The molecule has 0 saturated carbocycles. The molecule has 0 aliphatic heterocycles. The minimum absolute atomic E-state index is 0.0841. The molecule has 2 unspecified atom stereocenters. The third-order valence-electron chi connectivity index (χ3n) is 4.96. The van der Waals surface area contributed by atoms with Gasteiger partial charge in [-0.1, -0.05) is 73.0 Å². The highest BCUT2D eigenvalue weighted by Gasteiger charge is 2.57. The van der Waals surface area contributed by atoms with Gasteiger partial charge in [0, 0.05) is 17.5 Å². The number of carbonyl (C=O) groups excluding carboxylic acids is 2. The summed E-state index contributed by atoms with van der Waals surface area (Å²) in [5.41, 5.74) is 0.365. The largest absolute Gasteiger partial charge is 0.294 e. The quantitative estimate of drug-likeness (QED) is 0.474. The Bertz CT molecular complexity index is 1030. The van der Waals surface area contributed by atoms with E-state index in [1.165, 1.54) is 12.1 Å². The van der Waals surface area contributed by atoms with Gasteiger partial charge in [0.25, 0.3) is 10.1 Å². The number of hydrogen-bond acceptors (Lipinski definition) is 4. The zero-order valence-electron chi connectivity index (χ0n) is 15.2. The van der Waals surface area contributed by atoms with E-state index in [1.54, 1.807) is 48.5 Å². The number of carbonyl (C=O) groups is 2. The first-order valence-corrected chi connectivity index (χ1v) is 10.5. The monoisotopic (exact) mass is 396 g/mol. The average Bonchev–Trinajstić information content (AvgIpc) is 2.68. The summed E-state index contributed by atoms with van der Waals surface area (Å²) < 4.78 is 32.9. The van der Waals surface area contributed by atoms with Gasteiger partial charge in [0.1, 0.15) is 0 Å². The van der Waals surface area contributed by atoms with E-state index in [1.807, 2.05) is 0 Å². The van der Waals surface area contributed by atoms with Crippen LogP contribution in [-0.4, -0.2) is 29.3 Å². The van der Waals surface area contributed by atoms with Gasteiger partial charge in [0.2, 0.25) is 4.75 Å². The highest BCUT2D eigenvalue weighted by Crippen LogP contribution is 2.37. The van der Waals surface area contributed by atoms with Crippen LogP contribution in [0.3, 0.4) is 0 Å². The normalized spacial score (nSPS) is 22.2. The Labute approximate surface area is 164 Å². The van der Waals surface area contributed by atoms with Crippen LogP contribution in [0.25, 0.3) is 0 Å². The van der Waals surface area contributed by atoms with Crippen molar-refractivity contribution in [2.24, 2.45) is 5.92 Å². The first kappa shape index (κ1) is 20.0. The molecule has 28 heavy (non-hydrogen) atoms. The molecule has 2 aromatic rings. The summed E-state index contributed by atoms with van der Waals surface area (Å²) in [5.74, 6) is 2.53. The first-order valence-electron chi connectivity index (χ1n) is 9.04. The van der Waals surface area contributed by atoms with Gasteiger partial charge in [-0.3, -0.25) is 14.1 Å². The van der Waals surface area contributed by atoms with Crippen molar-refractivity contribution >= 4 is 21.7 Å². The van der Waals surface area contributed by atoms with E-state index in [0.29, 0.717) is 19.3 Å². The molecule has 1 aliphatic carbocycles. The van der Waals surface area contributed by atoms with Crippen LogP contribution in [0, 0.1) is 17.8 Å². The predicted octanol–water partition coefficient (Wildman–Crippen LogP) is 3.57. The molecule has 1 N–H and O–H groups in total. The molecule has 0 amide bonds. The van der Waals surface area contributed by atoms with Gasteiger partial charge in [-0.25, -0.2) is 0 Å². The molecule has 2 atom stereocenters. The molecule has 2 aromatic carbocycles. The van der Waals surface area contributed by atoms with Gasteiger partial charge < -0.3 is 0 Å². The lowest BCUT2D eigenvalue weighted by Crippen LogP contribution is -2.54. The Balaban J connectivity index is 2.25. The maximum atomic E-state index is 13.4. The molecule has 0 fully saturated rings. The maximum absolute atomic E-state index is 13.4. The third-order valence-corrected chi connectivity index (χ3v) is 6.35. The topological polar surface area (TPSA) is 88.5 Å². The Morgan fingerprint density at radius 3 is 2.07 bits per heavy atom. The zero-order valence-corrected chi connectivity index (χ0v) is 16.0. The predicted molar refractivity (Wildman–Crippen MR) is 106 cm³/mol. The van der Waals surface area contributed by atoms with E-state index in [0.717, 1.165) is 0 Å². The molecule has 0 radical (unpaired) electrons. The second-order valence-corrected chi connectivity index (χ2v) is 8.33. The third kappa shape index (κ3) is 3.64. The molecule has 3 rings (SSSR count). The highest BCUT2D eigenvalue weighted by molar-refractivity contribution is 7.88. The van der Waals surface area contributed by atoms with Gasteiger partial charge in [0.05, 0.1) is 5.92 Å². The minimum atomic E-state index is -5.02. The average molecular weight is 396 g/mol. The van der Waals surface area contributed by atoms with Gasteiger partial charge in [0.15, 0.2) is 11.6 Å². The summed E-state index contributed by atoms with van der Waals surface area (Å²) in [6, 6.07) is 16.0. The summed E-state index contributed by atoms with van der Waals surface area (Å²) >= 11 is 0. The summed E-state index contributed by atoms with van der Waals surface area (Å²) in [7, 11) is -5.02. The molecule has 0 aromatic heterocycles. The van der Waals surface area contributed by atoms with Crippen molar-refractivity contribution in [1.29, 1.82) is 0 Å². The zero-order chi connectivity index (χ0) is 20.2. The lowest BCUT2D eigenvalue weighted by atomic mass is 9.76. The number of Topliss-reactive ketones (excluding diaryl/α,β-unsaturated/α-hetero) is 2. The molecule has 144 valence electrons. The van der Waals surface area contributed by atoms with Crippen LogP contribution in [0.5, 0.6) is 0 Å².